The average molecular weight is 524 g/mol. The SMILES string of the molecule is Cc1ncc(C[n+]2csc(CCOP(=O)(O)OP(=O)(O)O)c2C)c(N)n1.O=[N+]([O-])O.[Cl-]. The van der Waals surface area contributed by atoms with Crippen molar-refractivity contribution in [2.75, 3.05) is 12.3 Å². The molecule has 176 valence electrons. The van der Waals surface area contributed by atoms with E-state index >= 15 is 0 Å². The molecule has 6 N–H and O–H groups in total. The van der Waals surface area contributed by atoms with Crippen LogP contribution in [0.25, 0.3) is 0 Å². The van der Waals surface area contributed by atoms with Gasteiger partial charge in [0.05, 0.1) is 17.0 Å². The summed E-state index contributed by atoms with van der Waals surface area (Å²) >= 11 is 1.40. The smallest absolute Gasteiger partial charge is 0.481 e. The first kappa shape index (κ1) is 29.3. The maximum atomic E-state index is 11.4. The summed E-state index contributed by atoms with van der Waals surface area (Å²) in [5.74, 6) is 0.985. The van der Waals surface area contributed by atoms with Crippen LogP contribution in [0.1, 0.15) is 22.0 Å². The summed E-state index contributed by atoms with van der Waals surface area (Å²) in [6, 6.07) is 0. The summed E-state index contributed by atoms with van der Waals surface area (Å²) in [6.45, 7) is 3.83. The molecule has 0 aliphatic heterocycles. The number of hydrogen-bond acceptors (Lipinski definition) is 10. The van der Waals surface area contributed by atoms with Gasteiger partial charge in [0.1, 0.15) is 11.6 Å². The van der Waals surface area contributed by atoms with Crippen LogP contribution in [0.15, 0.2) is 11.7 Å². The van der Waals surface area contributed by atoms with E-state index in [-0.39, 0.29) is 25.4 Å². The van der Waals surface area contributed by atoms with Crippen molar-refractivity contribution in [3.8, 4) is 0 Å². The molecule has 2 rings (SSSR count). The van der Waals surface area contributed by atoms with Crippen molar-refractivity contribution >= 4 is 32.8 Å². The third kappa shape index (κ3) is 11.4. The molecular formula is C12H20ClN5O10P2S. The molecule has 19 heteroatoms. The van der Waals surface area contributed by atoms with Gasteiger partial charge in [-0.2, -0.15) is 8.88 Å². The summed E-state index contributed by atoms with van der Waals surface area (Å²) in [5.41, 5.74) is 9.40. The largest absolute Gasteiger partial charge is 1.00 e. The van der Waals surface area contributed by atoms with Crippen molar-refractivity contribution in [2.24, 2.45) is 0 Å². The summed E-state index contributed by atoms with van der Waals surface area (Å²) in [7, 11) is -9.94. The molecule has 2 aromatic rings. The van der Waals surface area contributed by atoms with Gasteiger partial charge >= 0.3 is 15.6 Å². The molecule has 1 atom stereocenters. The van der Waals surface area contributed by atoms with Crippen LogP contribution in [0, 0.1) is 24.0 Å². The second-order valence-corrected chi connectivity index (χ2v) is 9.32. The quantitative estimate of drug-likeness (QED) is 0.104. The van der Waals surface area contributed by atoms with Crippen LogP contribution < -0.4 is 22.7 Å². The van der Waals surface area contributed by atoms with Crippen LogP contribution >= 0.6 is 27.0 Å². The summed E-state index contributed by atoms with van der Waals surface area (Å²) < 4.78 is 32.2. The van der Waals surface area contributed by atoms with Crippen LogP contribution in [0.5, 0.6) is 0 Å². The third-order valence-electron chi connectivity index (χ3n) is 3.31. The number of thiazole rings is 1. The summed E-state index contributed by atoms with van der Waals surface area (Å²) in [4.78, 5) is 43.8. The van der Waals surface area contributed by atoms with Gasteiger partial charge in [0, 0.05) is 19.5 Å². The third-order valence-corrected chi connectivity index (χ3v) is 6.64. The van der Waals surface area contributed by atoms with Crippen molar-refractivity contribution < 1.29 is 59.9 Å². The minimum Gasteiger partial charge on any atom is -1.00 e. The molecule has 0 bridgehead atoms. The molecule has 0 aliphatic carbocycles. The van der Waals surface area contributed by atoms with E-state index in [0.29, 0.717) is 18.2 Å². The standard InChI is InChI=1S/C12H18N4O7P2S.ClH.HNO3/c1-8-11(3-4-22-25(20,21)23-24(17,18)19)26-7-16(8)6-10-5-14-9(2)15-12(10)13;;2-1(3)4/h5,7H,3-4,6H2,1-2H3,(H4-,13,14,15,17,18,19,20,21);1H;(H,2,3,4). The van der Waals surface area contributed by atoms with Crippen LogP contribution in [0.2, 0.25) is 0 Å². The predicted molar refractivity (Wildman–Crippen MR) is 101 cm³/mol. The van der Waals surface area contributed by atoms with E-state index in [1.54, 1.807) is 13.1 Å². The van der Waals surface area contributed by atoms with Gasteiger partial charge in [-0.25, -0.2) is 19.1 Å². The molecule has 0 aliphatic rings. The monoisotopic (exact) mass is 523 g/mol. The molecule has 31 heavy (non-hydrogen) atoms. The molecule has 0 radical (unpaired) electrons. The molecule has 15 nitrogen and oxygen atoms in total. The number of nitrogens with two attached hydrogens (primary N) is 1. The number of rotatable bonds is 8. The molecule has 0 saturated heterocycles. The molecule has 0 aromatic carbocycles. The van der Waals surface area contributed by atoms with Crippen molar-refractivity contribution in [1.82, 2.24) is 9.97 Å². The summed E-state index contributed by atoms with van der Waals surface area (Å²) in [5, 5.41) is 13.6. The minimum atomic E-state index is -5.12. The second-order valence-electron chi connectivity index (χ2n) is 5.55. The molecular weight excluding hydrogens is 504 g/mol. The Labute approximate surface area is 185 Å². The Bertz CT molecular complexity index is 983. The maximum Gasteiger partial charge on any atom is 0.481 e. The topological polar surface area (TPSA) is 232 Å². The van der Waals surface area contributed by atoms with Gasteiger partial charge in [-0.1, -0.05) is 11.3 Å². The Morgan fingerprint density at radius 2 is 1.90 bits per heavy atom. The van der Waals surface area contributed by atoms with Crippen LogP contribution in [-0.2, 0) is 30.9 Å². The van der Waals surface area contributed by atoms with Gasteiger partial charge in [-0.3, -0.25) is 4.52 Å². The Morgan fingerprint density at radius 1 is 1.32 bits per heavy atom. The van der Waals surface area contributed by atoms with Gasteiger partial charge in [0.2, 0.25) is 5.51 Å². The van der Waals surface area contributed by atoms with Crippen LogP contribution in [0.4, 0.5) is 5.82 Å². The lowest BCUT2D eigenvalue weighted by Crippen LogP contribution is -3.00. The fourth-order valence-corrected chi connectivity index (χ4v) is 4.64. The van der Waals surface area contributed by atoms with Gasteiger partial charge in [0.25, 0.3) is 5.09 Å². The number of hydrogen-bond donors (Lipinski definition) is 5. The van der Waals surface area contributed by atoms with Crippen molar-refractivity contribution in [3.05, 3.63) is 43.8 Å². The van der Waals surface area contributed by atoms with Crippen LogP contribution in [0.3, 0.4) is 0 Å². The normalized spacial score (nSPS) is 12.8. The first-order chi connectivity index (χ1) is 13.7. The van der Waals surface area contributed by atoms with E-state index < -0.39 is 20.7 Å². The number of aromatic nitrogens is 3. The molecule has 1 unspecified atom stereocenters. The molecule has 0 saturated carbocycles. The highest BCUT2D eigenvalue weighted by molar-refractivity contribution is 7.60. The molecule has 2 heterocycles. The Balaban J connectivity index is 0.00000165. The van der Waals surface area contributed by atoms with Gasteiger partial charge < -0.3 is 38.0 Å². The van der Waals surface area contributed by atoms with E-state index in [1.165, 1.54) is 11.3 Å². The number of halogens is 1. The first-order valence-electron chi connectivity index (χ1n) is 7.82. The zero-order valence-electron chi connectivity index (χ0n) is 16.1. The number of nitrogens with zero attached hydrogens (tertiary/aromatic N) is 4. The fourth-order valence-electron chi connectivity index (χ4n) is 2.08. The highest BCUT2D eigenvalue weighted by atomic mass is 35.5. The van der Waals surface area contributed by atoms with E-state index in [0.717, 1.165) is 16.1 Å². The zero-order chi connectivity index (χ0) is 23.1. The predicted octanol–water partition coefficient (Wildman–Crippen LogP) is -2.50. The number of phosphoric acid groups is 2. The minimum absolute atomic E-state index is 0. The number of aryl methyl sites for hydroxylation is 1. The first-order valence-corrected chi connectivity index (χ1v) is 11.7. The average Bonchev–Trinajstić information content (AvgIpc) is 2.88. The lowest BCUT2D eigenvalue weighted by Gasteiger charge is -2.11. The maximum absolute atomic E-state index is 11.4. The Kier molecular flexibility index (Phi) is 11.6. The Hall–Kier alpha value is -1.74. The highest BCUT2D eigenvalue weighted by Gasteiger charge is 2.32. The lowest BCUT2D eigenvalue weighted by molar-refractivity contribution is -0.742. The Morgan fingerprint density at radius 3 is 2.42 bits per heavy atom. The molecule has 0 fully saturated rings. The molecule has 0 amide bonds. The number of nitrogen functional groups attached to an aromatic ring is 1. The van der Waals surface area contributed by atoms with Crippen molar-refractivity contribution in [2.45, 2.75) is 26.8 Å². The molecule has 2 aromatic heterocycles. The van der Waals surface area contributed by atoms with Crippen molar-refractivity contribution in [1.29, 1.82) is 0 Å². The molecule has 0 spiro atoms. The van der Waals surface area contributed by atoms with E-state index in [1.807, 2.05) is 17.0 Å². The van der Waals surface area contributed by atoms with Crippen molar-refractivity contribution in [3.63, 3.8) is 0 Å². The fraction of sp³-hybridized carbons (Fsp3) is 0.417. The zero-order valence-corrected chi connectivity index (χ0v) is 19.4. The van der Waals surface area contributed by atoms with Crippen LogP contribution in [-0.4, -0.2) is 41.5 Å². The second kappa shape index (κ2) is 12.3. The van der Waals surface area contributed by atoms with E-state index in [2.05, 4.69) is 18.8 Å². The van der Waals surface area contributed by atoms with E-state index in [4.69, 9.17) is 30.8 Å². The highest BCUT2D eigenvalue weighted by Crippen LogP contribution is 2.57. The van der Waals surface area contributed by atoms with Gasteiger partial charge in [0.15, 0.2) is 12.2 Å². The lowest BCUT2D eigenvalue weighted by atomic mass is 10.2. The van der Waals surface area contributed by atoms with E-state index in [9.17, 15) is 14.0 Å². The number of anilines is 1. The van der Waals surface area contributed by atoms with Gasteiger partial charge in [-0.15, -0.1) is 10.1 Å². The van der Waals surface area contributed by atoms with Gasteiger partial charge in [-0.05, 0) is 6.92 Å². The number of phosphoric ester groups is 1. The summed E-state index contributed by atoms with van der Waals surface area (Å²) in [6.07, 6.45) is 1.92.